The second-order valence-corrected chi connectivity index (χ2v) is 9.09. The minimum absolute atomic E-state index is 0.0313. The molecule has 0 radical (unpaired) electrons. The smallest absolute Gasteiger partial charge is 0.252 e. The molecule has 0 bridgehead atoms. The number of hydrogen-bond donors (Lipinski definition) is 3. The van der Waals surface area contributed by atoms with Crippen LogP contribution in [0.15, 0.2) is 47.0 Å². The number of carbonyl (C=O) groups is 1. The molecule has 5 rings (SSSR count). The van der Waals surface area contributed by atoms with Gasteiger partial charge in [-0.15, -0.1) is 0 Å². The van der Waals surface area contributed by atoms with Gasteiger partial charge in [0.05, 0.1) is 16.6 Å². The van der Waals surface area contributed by atoms with Gasteiger partial charge < -0.3 is 20.5 Å². The van der Waals surface area contributed by atoms with E-state index in [1.165, 1.54) is 13.1 Å². The summed E-state index contributed by atoms with van der Waals surface area (Å²) in [6, 6.07) is 10.8. The van der Waals surface area contributed by atoms with Gasteiger partial charge in [0, 0.05) is 42.4 Å². The predicted molar refractivity (Wildman–Crippen MR) is 125 cm³/mol. The number of halogens is 3. The highest BCUT2D eigenvalue weighted by Crippen LogP contribution is 2.51. The van der Waals surface area contributed by atoms with Gasteiger partial charge in [-0.05, 0) is 24.9 Å². The Morgan fingerprint density at radius 1 is 1.35 bits per heavy atom. The SMILES string of the molecule is CNC(=O)C1=C(c2c(Cl)c(F)cc3c2C[C@](c2ccccc2)([C@@H]2CCCN2)O3)C(F)C(O)N=C1. The molecule has 6 nitrogen and oxygen atoms in total. The predicted octanol–water partition coefficient (Wildman–Crippen LogP) is 3.30. The van der Waals surface area contributed by atoms with Gasteiger partial charge in [-0.25, -0.2) is 8.78 Å². The van der Waals surface area contributed by atoms with Crippen molar-refractivity contribution in [3.8, 4) is 5.75 Å². The van der Waals surface area contributed by atoms with E-state index in [1.807, 2.05) is 30.3 Å². The molecule has 0 spiro atoms. The zero-order chi connectivity index (χ0) is 24.0. The van der Waals surface area contributed by atoms with Crippen LogP contribution in [0.2, 0.25) is 5.02 Å². The number of nitrogens with zero attached hydrogens (tertiary/aromatic N) is 1. The molecule has 3 N–H and O–H groups in total. The van der Waals surface area contributed by atoms with E-state index in [9.17, 15) is 9.90 Å². The molecule has 0 aliphatic carbocycles. The summed E-state index contributed by atoms with van der Waals surface area (Å²) in [5.74, 6) is -1.18. The Morgan fingerprint density at radius 2 is 2.12 bits per heavy atom. The van der Waals surface area contributed by atoms with E-state index in [0.29, 0.717) is 5.56 Å². The van der Waals surface area contributed by atoms with Gasteiger partial charge in [0.15, 0.2) is 18.0 Å². The minimum Gasteiger partial charge on any atom is -0.480 e. The number of benzene rings is 2. The van der Waals surface area contributed by atoms with Gasteiger partial charge in [-0.1, -0.05) is 41.9 Å². The van der Waals surface area contributed by atoms with Crippen LogP contribution in [-0.4, -0.2) is 49.3 Å². The number of likely N-dealkylation sites (N-methyl/N-ethyl adjacent to an activating group) is 1. The van der Waals surface area contributed by atoms with Gasteiger partial charge in [0.1, 0.15) is 11.6 Å². The quantitative estimate of drug-likeness (QED) is 0.618. The van der Waals surface area contributed by atoms with Gasteiger partial charge in [0.2, 0.25) is 0 Å². The van der Waals surface area contributed by atoms with Crippen LogP contribution in [0.3, 0.4) is 0 Å². The maximum absolute atomic E-state index is 15.4. The van der Waals surface area contributed by atoms with Gasteiger partial charge in [0.25, 0.3) is 5.91 Å². The summed E-state index contributed by atoms with van der Waals surface area (Å²) in [5.41, 5.74) is 0.234. The average Bonchev–Trinajstić information content (AvgIpc) is 3.51. The molecule has 2 aromatic carbocycles. The number of carbonyl (C=O) groups excluding carboxylic acids is 1. The van der Waals surface area contributed by atoms with Crippen LogP contribution < -0.4 is 15.4 Å². The number of dihydropyridines is 1. The first-order valence-electron chi connectivity index (χ1n) is 11.2. The fourth-order valence-corrected chi connectivity index (χ4v) is 5.49. The Labute approximate surface area is 200 Å². The highest BCUT2D eigenvalue weighted by molar-refractivity contribution is 6.33. The zero-order valence-corrected chi connectivity index (χ0v) is 19.2. The fourth-order valence-electron chi connectivity index (χ4n) is 5.22. The number of aliphatic imine (C=N–C) groups is 1. The molecule has 1 amide bonds. The standard InChI is InChI=1S/C25H24ClF2N3O3/c1-29-23(32)15-12-31-24(33)22(28)20(15)19-14-11-25(18-8-5-9-30-18,13-6-3-2-4-7-13)34-17(14)10-16(27)21(19)26/h2-4,6-7,10,12,18,22,24,30,33H,5,8-9,11H2,1H3,(H,29,32)/t18-,22?,24?,25-/m0/s1. The van der Waals surface area contributed by atoms with Crippen LogP contribution >= 0.6 is 11.6 Å². The molecule has 34 heavy (non-hydrogen) atoms. The van der Waals surface area contributed by atoms with Gasteiger partial charge >= 0.3 is 0 Å². The molecule has 9 heteroatoms. The lowest BCUT2D eigenvalue weighted by atomic mass is 9.79. The third-order valence-electron chi connectivity index (χ3n) is 6.83. The summed E-state index contributed by atoms with van der Waals surface area (Å²) in [4.78, 5) is 16.3. The molecule has 0 aromatic heterocycles. The van der Waals surface area contributed by atoms with E-state index >= 15 is 8.78 Å². The Morgan fingerprint density at radius 3 is 2.79 bits per heavy atom. The van der Waals surface area contributed by atoms with E-state index in [2.05, 4.69) is 15.6 Å². The number of aliphatic hydroxyl groups excluding tert-OH is 1. The van der Waals surface area contributed by atoms with Crippen molar-refractivity contribution in [2.45, 2.75) is 43.3 Å². The number of hydrogen-bond acceptors (Lipinski definition) is 5. The van der Waals surface area contributed by atoms with Crippen LogP contribution in [0, 0.1) is 5.82 Å². The van der Waals surface area contributed by atoms with Crippen molar-refractivity contribution in [3.05, 3.63) is 69.5 Å². The number of ether oxygens (including phenoxy) is 1. The van der Waals surface area contributed by atoms with Crippen molar-refractivity contribution in [3.63, 3.8) is 0 Å². The molecule has 2 unspecified atom stereocenters. The maximum Gasteiger partial charge on any atom is 0.252 e. The van der Waals surface area contributed by atoms with Crippen molar-refractivity contribution in [2.75, 3.05) is 13.6 Å². The van der Waals surface area contributed by atoms with Crippen LogP contribution in [0.5, 0.6) is 5.75 Å². The lowest BCUT2D eigenvalue weighted by Crippen LogP contribution is -2.48. The van der Waals surface area contributed by atoms with E-state index in [-0.39, 0.29) is 39.9 Å². The zero-order valence-electron chi connectivity index (χ0n) is 18.4. The number of rotatable bonds is 4. The molecule has 178 valence electrons. The summed E-state index contributed by atoms with van der Waals surface area (Å²) in [6.45, 7) is 0.822. The summed E-state index contributed by atoms with van der Waals surface area (Å²) in [7, 11) is 1.39. The molecule has 1 fully saturated rings. The van der Waals surface area contributed by atoms with Crippen molar-refractivity contribution in [1.29, 1.82) is 0 Å². The lowest BCUT2D eigenvalue weighted by molar-refractivity contribution is -0.116. The van der Waals surface area contributed by atoms with Crippen LogP contribution in [0.25, 0.3) is 5.57 Å². The molecule has 3 aliphatic heterocycles. The maximum atomic E-state index is 15.4. The molecular formula is C25H24ClF2N3O3. The van der Waals surface area contributed by atoms with Crippen molar-refractivity contribution in [2.24, 2.45) is 4.99 Å². The van der Waals surface area contributed by atoms with Crippen molar-refractivity contribution >= 4 is 29.3 Å². The molecule has 3 aliphatic rings. The average molecular weight is 488 g/mol. The molecule has 2 aromatic rings. The molecular weight excluding hydrogens is 464 g/mol. The van der Waals surface area contributed by atoms with E-state index < -0.39 is 29.7 Å². The fraction of sp³-hybridized carbons (Fsp3) is 0.360. The summed E-state index contributed by atoms with van der Waals surface area (Å²) >= 11 is 6.43. The Hall–Kier alpha value is -2.81. The topological polar surface area (TPSA) is 83.0 Å². The number of alkyl halides is 1. The first-order valence-corrected chi connectivity index (χ1v) is 11.6. The number of amides is 1. The van der Waals surface area contributed by atoms with Crippen LogP contribution in [0.1, 0.15) is 29.5 Å². The normalized spacial score (nSPS) is 28.1. The van der Waals surface area contributed by atoms with E-state index in [4.69, 9.17) is 16.3 Å². The van der Waals surface area contributed by atoms with Gasteiger partial charge in [-0.3, -0.25) is 9.79 Å². The number of aliphatic hydroxyl groups is 1. The molecule has 4 atom stereocenters. The monoisotopic (exact) mass is 487 g/mol. The highest BCUT2D eigenvalue weighted by atomic mass is 35.5. The van der Waals surface area contributed by atoms with Crippen molar-refractivity contribution < 1.29 is 23.4 Å². The molecule has 3 heterocycles. The van der Waals surface area contributed by atoms with E-state index in [1.54, 1.807) is 0 Å². The second kappa shape index (κ2) is 8.76. The second-order valence-electron chi connectivity index (χ2n) is 8.71. The number of fused-ring (bicyclic) bond motifs is 1. The van der Waals surface area contributed by atoms with Crippen LogP contribution in [0.4, 0.5) is 8.78 Å². The number of nitrogens with one attached hydrogen (secondary N) is 2. The third kappa shape index (κ3) is 3.52. The Balaban J connectivity index is 1.74. The third-order valence-corrected chi connectivity index (χ3v) is 7.20. The summed E-state index contributed by atoms with van der Waals surface area (Å²) in [5, 5.41) is 15.7. The van der Waals surface area contributed by atoms with Crippen LogP contribution in [-0.2, 0) is 16.8 Å². The van der Waals surface area contributed by atoms with Gasteiger partial charge in [-0.2, -0.15) is 0 Å². The molecule has 0 saturated carbocycles. The minimum atomic E-state index is -2.07. The van der Waals surface area contributed by atoms with E-state index in [0.717, 1.165) is 31.2 Å². The van der Waals surface area contributed by atoms with Crippen molar-refractivity contribution in [1.82, 2.24) is 10.6 Å². The molecule has 1 saturated heterocycles. The Kier molecular flexibility index (Phi) is 5.91. The summed E-state index contributed by atoms with van der Waals surface area (Å²) < 4.78 is 37.0. The lowest BCUT2D eigenvalue weighted by Gasteiger charge is -2.35. The Bertz CT molecular complexity index is 1200. The highest BCUT2D eigenvalue weighted by Gasteiger charge is 2.50. The first kappa shape index (κ1) is 23.0. The summed E-state index contributed by atoms with van der Waals surface area (Å²) in [6.07, 6.45) is -0.626. The first-order chi connectivity index (χ1) is 16.4. The largest absolute Gasteiger partial charge is 0.480 e.